The van der Waals surface area contributed by atoms with E-state index in [0.29, 0.717) is 4.57 Å². The van der Waals surface area contributed by atoms with Crippen LogP contribution >= 0.6 is 18.3 Å². The lowest BCUT2D eigenvalue weighted by Crippen LogP contribution is -2.55. The van der Waals surface area contributed by atoms with Gasteiger partial charge in [0.25, 0.3) is 6.43 Å². The summed E-state index contributed by atoms with van der Waals surface area (Å²) in [6.45, 7) is -0.964. The summed E-state index contributed by atoms with van der Waals surface area (Å²) in [4.78, 5) is 15.5. The number of halogens is 4. The van der Waals surface area contributed by atoms with E-state index in [0.717, 1.165) is 6.20 Å². The first-order chi connectivity index (χ1) is 12.5. The molecule has 2 aliphatic rings. The number of hydrogen-bond donors (Lipinski definition) is 1. The van der Waals surface area contributed by atoms with Gasteiger partial charge in [-0.1, -0.05) is 11.6 Å². The van der Waals surface area contributed by atoms with E-state index in [-0.39, 0.29) is 10.8 Å². The molecule has 0 saturated carbocycles. The summed E-state index contributed by atoms with van der Waals surface area (Å²) in [5.74, 6) is -0.285. The van der Waals surface area contributed by atoms with Gasteiger partial charge in [0.1, 0.15) is 11.9 Å². The number of rotatable bonds is 4. The molecule has 2 fully saturated rings. The summed E-state index contributed by atoms with van der Waals surface area (Å²) < 4.78 is 64.6. The minimum atomic E-state index is -3.48. The van der Waals surface area contributed by atoms with E-state index in [2.05, 4.69) is 4.98 Å². The molecule has 1 aromatic rings. The fourth-order valence-electron chi connectivity index (χ4n) is 2.79. The summed E-state index contributed by atoms with van der Waals surface area (Å²) in [7, 11) is 0. The van der Waals surface area contributed by atoms with Crippen molar-refractivity contribution in [1.82, 2.24) is 9.55 Å². The highest BCUT2D eigenvalue weighted by atomic mass is 35.5. The van der Waals surface area contributed by atoms with Crippen molar-refractivity contribution in [3.8, 4) is 0 Å². The second-order valence-electron chi connectivity index (χ2n) is 6.27. The molecular formula is C13H16ClF3N3O5PS. The molecule has 2 aliphatic heterocycles. The lowest BCUT2D eigenvalue weighted by molar-refractivity contribution is -0.204. The Bertz CT molecular complexity index is 846. The first-order valence-electron chi connectivity index (χ1n) is 7.74. The third-order valence-electron chi connectivity index (χ3n) is 3.99. The Morgan fingerprint density at radius 1 is 1.56 bits per heavy atom. The van der Waals surface area contributed by atoms with E-state index in [1.165, 1.54) is 0 Å². The SMILES string of the molecule is CC(C)OP1(=S)OCC2(C(F)F)OC(n3cc(Cl)c(N)nc3=O)C(F)C2O1. The number of alkyl halides is 3. The number of ether oxygens (including phenoxy) is 1. The van der Waals surface area contributed by atoms with Crippen molar-refractivity contribution in [2.75, 3.05) is 12.3 Å². The Balaban J connectivity index is 2.00. The summed E-state index contributed by atoms with van der Waals surface area (Å²) >= 11 is 10.9. The molecule has 0 radical (unpaired) electrons. The number of aromatic nitrogens is 2. The van der Waals surface area contributed by atoms with Crippen LogP contribution in [0.2, 0.25) is 5.02 Å². The van der Waals surface area contributed by atoms with Gasteiger partial charge in [-0.3, -0.25) is 9.09 Å². The van der Waals surface area contributed by atoms with Crippen LogP contribution in [0.5, 0.6) is 0 Å². The summed E-state index contributed by atoms with van der Waals surface area (Å²) in [5, 5.41) is -0.170. The Labute approximate surface area is 161 Å². The third-order valence-corrected chi connectivity index (χ3v) is 6.73. The first-order valence-corrected chi connectivity index (χ1v) is 10.7. The summed E-state index contributed by atoms with van der Waals surface area (Å²) in [6.07, 6.45) is -8.47. The smallest absolute Gasteiger partial charge is 0.351 e. The fourth-order valence-corrected chi connectivity index (χ4v) is 5.51. The maximum Gasteiger partial charge on any atom is 0.351 e. The maximum absolute atomic E-state index is 15.1. The third kappa shape index (κ3) is 3.64. The van der Waals surface area contributed by atoms with Crippen LogP contribution in [0.25, 0.3) is 0 Å². The molecule has 2 N–H and O–H groups in total. The van der Waals surface area contributed by atoms with Crippen molar-refractivity contribution in [2.24, 2.45) is 0 Å². The average molecular weight is 450 g/mol. The number of hydrogen-bond acceptors (Lipinski definition) is 8. The quantitative estimate of drug-likeness (QED) is 0.700. The molecule has 0 spiro atoms. The lowest BCUT2D eigenvalue weighted by atomic mass is 9.97. The zero-order valence-electron chi connectivity index (χ0n) is 14.1. The minimum absolute atomic E-state index is 0.170. The molecule has 1 aromatic heterocycles. The number of nitrogens with two attached hydrogens (primary N) is 1. The monoisotopic (exact) mass is 449 g/mol. The topological polar surface area (TPSA) is 97.8 Å². The van der Waals surface area contributed by atoms with Crippen LogP contribution in [0.4, 0.5) is 19.0 Å². The van der Waals surface area contributed by atoms with Gasteiger partial charge < -0.3 is 19.5 Å². The van der Waals surface area contributed by atoms with E-state index in [9.17, 15) is 13.6 Å². The Hall–Kier alpha value is -0.750. The molecule has 14 heteroatoms. The van der Waals surface area contributed by atoms with Gasteiger partial charge in [-0.05, 0) is 25.7 Å². The zero-order chi connectivity index (χ0) is 20.1. The van der Waals surface area contributed by atoms with Crippen LogP contribution in [-0.4, -0.2) is 46.6 Å². The maximum atomic E-state index is 15.1. The predicted molar refractivity (Wildman–Crippen MR) is 93.0 cm³/mol. The van der Waals surface area contributed by atoms with E-state index in [1.54, 1.807) is 13.8 Å². The van der Waals surface area contributed by atoms with E-state index < -0.39 is 55.6 Å². The molecule has 5 unspecified atom stereocenters. The van der Waals surface area contributed by atoms with Gasteiger partial charge >= 0.3 is 12.4 Å². The largest absolute Gasteiger partial charge is 0.382 e. The fraction of sp³-hybridized carbons (Fsp3) is 0.692. The standard InChI is InChI=1S/C13H16ClF3N3O5PS/c1-5(2)24-26(27)22-4-13(11(16)17)8(25-26)7(15)10(23-13)20-3-6(14)9(18)19-12(20)21/h3,5,7-8,10-11H,4H2,1-2H3,(H2,18,19,21). The predicted octanol–water partition coefficient (Wildman–Crippen LogP) is 2.41. The van der Waals surface area contributed by atoms with Crippen LogP contribution in [0.1, 0.15) is 20.1 Å². The second kappa shape index (κ2) is 7.25. The molecule has 0 bridgehead atoms. The molecule has 8 nitrogen and oxygen atoms in total. The first kappa shape index (κ1) is 21.0. The van der Waals surface area contributed by atoms with Crippen molar-refractivity contribution in [3.63, 3.8) is 0 Å². The van der Waals surface area contributed by atoms with Gasteiger partial charge in [0.2, 0.25) is 0 Å². The van der Waals surface area contributed by atoms with Crippen LogP contribution in [-0.2, 0) is 30.1 Å². The minimum Gasteiger partial charge on any atom is -0.382 e. The zero-order valence-corrected chi connectivity index (χ0v) is 16.5. The molecular weight excluding hydrogens is 434 g/mol. The highest BCUT2D eigenvalue weighted by molar-refractivity contribution is 8.07. The Morgan fingerprint density at radius 3 is 2.81 bits per heavy atom. The van der Waals surface area contributed by atoms with E-state index in [4.69, 9.17) is 47.4 Å². The van der Waals surface area contributed by atoms with Crippen LogP contribution in [0.3, 0.4) is 0 Å². The molecule has 2 saturated heterocycles. The highest BCUT2D eigenvalue weighted by Gasteiger charge is 2.67. The highest BCUT2D eigenvalue weighted by Crippen LogP contribution is 2.61. The molecule has 27 heavy (non-hydrogen) atoms. The molecule has 5 atom stereocenters. The van der Waals surface area contributed by atoms with Crippen molar-refractivity contribution in [1.29, 1.82) is 0 Å². The van der Waals surface area contributed by atoms with Crippen molar-refractivity contribution < 1.29 is 31.5 Å². The van der Waals surface area contributed by atoms with E-state index >= 15 is 4.39 Å². The van der Waals surface area contributed by atoms with Gasteiger partial charge in [0, 0.05) is 6.20 Å². The van der Waals surface area contributed by atoms with Crippen LogP contribution in [0.15, 0.2) is 11.0 Å². The molecule has 3 heterocycles. The second-order valence-corrected chi connectivity index (χ2v) is 9.60. The summed E-state index contributed by atoms with van der Waals surface area (Å²) in [5.41, 5.74) is 1.92. The van der Waals surface area contributed by atoms with Gasteiger partial charge in [0.15, 0.2) is 18.0 Å². The van der Waals surface area contributed by atoms with Gasteiger partial charge in [-0.25, -0.2) is 18.0 Å². The number of anilines is 1. The summed E-state index contributed by atoms with van der Waals surface area (Å²) in [6, 6.07) is 0. The van der Waals surface area contributed by atoms with Crippen molar-refractivity contribution in [2.45, 2.75) is 50.5 Å². The molecule has 0 aromatic carbocycles. The molecule has 0 amide bonds. The van der Waals surface area contributed by atoms with Gasteiger partial charge in [0.05, 0.1) is 17.7 Å². The van der Waals surface area contributed by atoms with Gasteiger partial charge in [-0.2, -0.15) is 4.98 Å². The average Bonchev–Trinajstić information content (AvgIpc) is 2.84. The Morgan fingerprint density at radius 2 is 2.22 bits per heavy atom. The molecule has 152 valence electrons. The van der Waals surface area contributed by atoms with Crippen molar-refractivity contribution >= 4 is 35.9 Å². The molecule has 0 aliphatic carbocycles. The number of nitrogen functional groups attached to an aromatic ring is 1. The number of nitrogens with zero attached hydrogens (tertiary/aromatic N) is 2. The van der Waals surface area contributed by atoms with Crippen LogP contribution < -0.4 is 11.4 Å². The van der Waals surface area contributed by atoms with Crippen molar-refractivity contribution in [3.05, 3.63) is 21.7 Å². The Kier molecular flexibility index (Phi) is 5.63. The normalized spacial score (nSPS) is 36.4. The number of fused-ring (bicyclic) bond motifs is 1. The van der Waals surface area contributed by atoms with E-state index in [1.807, 2.05) is 0 Å². The lowest BCUT2D eigenvalue weighted by Gasteiger charge is -2.41. The van der Waals surface area contributed by atoms with Gasteiger partial charge in [-0.15, -0.1) is 0 Å². The molecule has 3 rings (SSSR count). The van der Waals surface area contributed by atoms with Crippen LogP contribution in [0, 0.1) is 0 Å².